The number of aliphatic hydroxyl groups excluding tert-OH is 1. The van der Waals surface area contributed by atoms with E-state index in [2.05, 4.69) is 12.1 Å². The van der Waals surface area contributed by atoms with Crippen LogP contribution in [-0.2, 0) is 4.84 Å². The summed E-state index contributed by atoms with van der Waals surface area (Å²) < 4.78 is 5.16. The summed E-state index contributed by atoms with van der Waals surface area (Å²) in [7, 11) is 1.51. The zero-order chi connectivity index (χ0) is 22.8. The molecule has 5 rings (SSSR count). The minimum Gasteiger partial charge on any atom is -0.431 e. The molecule has 0 aliphatic heterocycles. The molecule has 0 bridgehead atoms. The van der Waals surface area contributed by atoms with Crippen LogP contribution in [0.15, 0.2) is 32.8 Å². The van der Waals surface area contributed by atoms with Gasteiger partial charge in [-0.1, -0.05) is 12.1 Å². The fourth-order valence-electron chi connectivity index (χ4n) is 8.42. The average Bonchev–Trinajstić information content (AvgIpc) is 3.04. The minimum absolute atomic E-state index is 0.0285. The Morgan fingerprint density at radius 2 is 1.88 bits per heavy atom. The third-order valence-electron chi connectivity index (χ3n) is 10.0. The van der Waals surface area contributed by atoms with Crippen LogP contribution in [0.3, 0.4) is 0 Å². The summed E-state index contributed by atoms with van der Waals surface area (Å²) in [5, 5.41) is 38.6. The van der Waals surface area contributed by atoms with Crippen LogP contribution >= 0.6 is 0 Å². The fourth-order valence-corrected chi connectivity index (χ4v) is 8.42. The molecule has 4 saturated carbocycles. The van der Waals surface area contributed by atoms with Gasteiger partial charge in [-0.25, -0.2) is 4.79 Å². The summed E-state index contributed by atoms with van der Waals surface area (Å²) in [5.41, 5.74) is -2.25. The highest BCUT2D eigenvalue weighted by atomic mass is 16.6. The Kier molecular flexibility index (Phi) is 5.12. The fraction of sp³-hybridized carbons (Fsp3) is 0.760. The molecular formula is C25H35NO6. The molecule has 0 spiro atoms. The smallest absolute Gasteiger partial charge is 0.335 e. The summed E-state index contributed by atoms with van der Waals surface area (Å²) in [6.45, 7) is 2.19. The molecule has 8 atom stereocenters. The number of aliphatic hydroxyl groups is 3. The Morgan fingerprint density at radius 1 is 1.09 bits per heavy atom. The normalized spacial score (nSPS) is 48.2. The third kappa shape index (κ3) is 2.83. The van der Waals surface area contributed by atoms with Gasteiger partial charge >= 0.3 is 5.63 Å². The van der Waals surface area contributed by atoms with Crippen LogP contribution in [0.2, 0.25) is 0 Å². The van der Waals surface area contributed by atoms with Gasteiger partial charge in [-0.2, -0.15) is 0 Å². The molecule has 1 aromatic heterocycles. The second-order valence-electron chi connectivity index (χ2n) is 11.0. The largest absolute Gasteiger partial charge is 0.431 e. The van der Waals surface area contributed by atoms with Crippen molar-refractivity contribution in [3.8, 4) is 0 Å². The van der Waals surface area contributed by atoms with Gasteiger partial charge in [0.1, 0.15) is 7.11 Å². The second kappa shape index (κ2) is 7.40. The number of oxime groups is 1. The number of fused-ring (bicyclic) bond motifs is 5. The van der Waals surface area contributed by atoms with Crippen LogP contribution in [0.25, 0.3) is 0 Å². The Balaban J connectivity index is 1.54. The summed E-state index contributed by atoms with van der Waals surface area (Å²) in [4.78, 5) is 16.5. The molecular weight excluding hydrogens is 410 g/mol. The number of nitrogens with zero attached hydrogens (tertiary/aromatic N) is 1. The first kappa shape index (κ1) is 22.1. The molecule has 3 N–H and O–H groups in total. The van der Waals surface area contributed by atoms with E-state index in [-0.39, 0.29) is 28.8 Å². The Morgan fingerprint density at radius 3 is 2.59 bits per heavy atom. The molecule has 4 fully saturated rings. The van der Waals surface area contributed by atoms with Gasteiger partial charge in [0.25, 0.3) is 0 Å². The van der Waals surface area contributed by atoms with Crippen molar-refractivity contribution in [2.24, 2.45) is 27.8 Å². The van der Waals surface area contributed by atoms with E-state index >= 15 is 0 Å². The lowest BCUT2D eigenvalue weighted by Crippen LogP contribution is -2.68. The monoisotopic (exact) mass is 445 g/mol. The van der Waals surface area contributed by atoms with Crippen molar-refractivity contribution in [3.05, 3.63) is 34.4 Å². The molecule has 32 heavy (non-hydrogen) atoms. The lowest BCUT2D eigenvalue weighted by atomic mass is 9.41. The van der Waals surface area contributed by atoms with Crippen molar-refractivity contribution in [2.75, 3.05) is 7.11 Å². The van der Waals surface area contributed by atoms with E-state index in [4.69, 9.17) is 9.25 Å². The SMILES string of the molecule is CON=CC12CCC(O)CC1(O)CCC1C2CCC2(C)C(c3ccc(=O)oc3)CCC12O. The zero-order valence-electron chi connectivity index (χ0n) is 19.0. The van der Waals surface area contributed by atoms with Gasteiger partial charge in [0, 0.05) is 23.3 Å². The van der Waals surface area contributed by atoms with E-state index in [1.54, 1.807) is 12.5 Å². The van der Waals surface area contributed by atoms with Crippen molar-refractivity contribution < 1.29 is 24.6 Å². The molecule has 7 heteroatoms. The standard InChI is InChI=1S/C25H35NO6/c1-22-9-6-19-20(25(22,30)12-8-18(22)16-3-4-21(28)32-14-16)7-11-24(29)13-17(27)5-10-23(19,24)15-26-31-2/h3-4,14-15,17-20,27,29-30H,5-13H2,1-2H3. The summed E-state index contributed by atoms with van der Waals surface area (Å²) in [6.07, 6.45) is 8.89. The second-order valence-corrected chi connectivity index (χ2v) is 11.0. The van der Waals surface area contributed by atoms with Gasteiger partial charge in [-0.05, 0) is 80.8 Å². The third-order valence-corrected chi connectivity index (χ3v) is 10.0. The van der Waals surface area contributed by atoms with Crippen molar-refractivity contribution in [1.82, 2.24) is 0 Å². The van der Waals surface area contributed by atoms with Crippen molar-refractivity contribution in [3.63, 3.8) is 0 Å². The minimum atomic E-state index is -1.04. The van der Waals surface area contributed by atoms with Crippen LogP contribution in [0, 0.1) is 22.7 Å². The van der Waals surface area contributed by atoms with Crippen LogP contribution < -0.4 is 5.63 Å². The van der Waals surface area contributed by atoms with Gasteiger partial charge < -0.3 is 24.6 Å². The molecule has 176 valence electrons. The van der Waals surface area contributed by atoms with Gasteiger partial charge in [0.2, 0.25) is 0 Å². The molecule has 7 nitrogen and oxygen atoms in total. The Bertz CT molecular complexity index is 942. The van der Waals surface area contributed by atoms with Crippen molar-refractivity contribution >= 4 is 6.21 Å². The van der Waals surface area contributed by atoms with E-state index < -0.39 is 22.7 Å². The quantitative estimate of drug-likeness (QED) is 0.487. The maximum Gasteiger partial charge on any atom is 0.335 e. The Hall–Kier alpha value is -1.70. The molecule has 4 aliphatic rings. The number of hydrogen-bond donors (Lipinski definition) is 3. The van der Waals surface area contributed by atoms with E-state index in [9.17, 15) is 20.1 Å². The van der Waals surface area contributed by atoms with Crippen molar-refractivity contribution in [2.45, 2.75) is 87.9 Å². The highest BCUT2D eigenvalue weighted by molar-refractivity contribution is 5.69. The highest BCUT2D eigenvalue weighted by Crippen LogP contribution is 2.70. The zero-order valence-corrected chi connectivity index (χ0v) is 19.0. The molecule has 1 aromatic rings. The number of hydrogen-bond acceptors (Lipinski definition) is 7. The van der Waals surface area contributed by atoms with E-state index in [1.807, 2.05) is 6.07 Å². The first-order chi connectivity index (χ1) is 15.2. The highest BCUT2D eigenvalue weighted by Gasteiger charge is 2.70. The maximum absolute atomic E-state index is 12.3. The molecule has 1 heterocycles. The first-order valence-electron chi connectivity index (χ1n) is 12.0. The predicted molar refractivity (Wildman–Crippen MR) is 118 cm³/mol. The lowest BCUT2D eigenvalue weighted by molar-refractivity contribution is -0.236. The predicted octanol–water partition coefficient (Wildman–Crippen LogP) is 2.97. The lowest BCUT2D eigenvalue weighted by Gasteiger charge is -2.65. The maximum atomic E-state index is 12.3. The Labute approximate surface area is 188 Å². The van der Waals surface area contributed by atoms with E-state index in [0.29, 0.717) is 32.1 Å². The molecule has 4 aliphatic carbocycles. The van der Waals surface area contributed by atoms with Gasteiger partial charge in [-0.15, -0.1) is 0 Å². The van der Waals surface area contributed by atoms with E-state index in [1.165, 1.54) is 13.2 Å². The molecule has 0 radical (unpaired) electrons. The van der Waals surface area contributed by atoms with Crippen LogP contribution in [0.4, 0.5) is 0 Å². The molecule has 8 unspecified atom stereocenters. The molecule has 0 saturated heterocycles. The summed E-state index contributed by atoms with van der Waals surface area (Å²) in [5.74, 6) is 0.217. The topological polar surface area (TPSA) is 112 Å². The average molecular weight is 446 g/mol. The van der Waals surface area contributed by atoms with Gasteiger partial charge in [0.05, 0.1) is 29.8 Å². The number of rotatable bonds is 3. The van der Waals surface area contributed by atoms with Crippen molar-refractivity contribution in [1.29, 1.82) is 0 Å². The summed E-state index contributed by atoms with van der Waals surface area (Å²) in [6, 6.07) is 3.31. The van der Waals surface area contributed by atoms with E-state index in [0.717, 1.165) is 31.2 Å². The van der Waals surface area contributed by atoms with Gasteiger partial charge in [0.15, 0.2) is 0 Å². The van der Waals surface area contributed by atoms with Crippen LogP contribution in [-0.4, -0.2) is 46.0 Å². The first-order valence-corrected chi connectivity index (χ1v) is 12.0. The molecule has 0 aromatic carbocycles. The van der Waals surface area contributed by atoms with Crippen LogP contribution in [0.5, 0.6) is 0 Å². The van der Waals surface area contributed by atoms with Crippen LogP contribution in [0.1, 0.15) is 76.2 Å². The van der Waals surface area contributed by atoms with Gasteiger partial charge in [-0.3, -0.25) is 0 Å². The summed E-state index contributed by atoms with van der Waals surface area (Å²) >= 11 is 0. The molecule has 0 amide bonds.